The number of hydrogen-bond acceptors (Lipinski definition) is 6. The number of aliphatic hydroxyl groups excluding tert-OH is 1. The van der Waals surface area contributed by atoms with Crippen molar-refractivity contribution in [1.29, 1.82) is 0 Å². The number of rotatable bonds is 14. The molecule has 1 N–H and O–H groups in total. The normalized spacial score (nSPS) is 15.8. The molecule has 0 saturated heterocycles. The van der Waals surface area contributed by atoms with Crippen molar-refractivity contribution in [2.75, 3.05) is 40.4 Å². The monoisotopic (exact) mass is 506 g/mol. The van der Waals surface area contributed by atoms with Crippen LogP contribution in [0.25, 0.3) is 6.08 Å². The fourth-order valence-corrected chi connectivity index (χ4v) is 4.23. The SMILES string of the molecule is CCCCCOc1ccc(C2C(C(=O)C=Cc3ccccc3)=C(O)C(=O)N2CCN(C)C)cc1OCC. The molecule has 0 radical (unpaired) electrons. The number of aliphatic hydroxyl groups is 1. The predicted octanol–water partition coefficient (Wildman–Crippen LogP) is 5.19. The number of carbonyl (C=O) groups excluding carboxylic acids is 2. The molecule has 1 aliphatic heterocycles. The van der Waals surface area contributed by atoms with Crippen molar-refractivity contribution in [3.8, 4) is 11.5 Å². The average Bonchev–Trinajstić information content (AvgIpc) is 3.15. The highest BCUT2D eigenvalue weighted by molar-refractivity contribution is 6.14. The third-order valence-electron chi connectivity index (χ3n) is 6.17. The molecule has 1 atom stereocenters. The Hall–Kier alpha value is -3.58. The number of ketones is 1. The summed E-state index contributed by atoms with van der Waals surface area (Å²) in [6.45, 7) is 5.98. The van der Waals surface area contributed by atoms with Crippen LogP contribution >= 0.6 is 0 Å². The van der Waals surface area contributed by atoms with Crippen LogP contribution in [0.5, 0.6) is 11.5 Å². The van der Waals surface area contributed by atoms with Crippen molar-refractivity contribution < 1.29 is 24.2 Å². The number of amides is 1. The Morgan fingerprint density at radius 1 is 1.05 bits per heavy atom. The minimum atomic E-state index is -0.742. The van der Waals surface area contributed by atoms with Gasteiger partial charge in [-0.3, -0.25) is 9.59 Å². The number of allylic oxidation sites excluding steroid dienone is 1. The molecule has 1 aliphatic rings. The zero-order valence-corrected chi connectivity index (χ0v) is 22.3. The van der Waals surface area contributed by atoms with Crippen molar-refractivity contribution in [2.45, 2.75) is 39.2 Å². The maximum Gasteiger partial charge on any atom is 0.290 e. The van der Waals surface area contributed by atoms with Crippen LogP contribution in [-0.2, 0) is 9.59 Å². The van der Waals surface area contributed by atoms with Crippen molar-refractivity contribution in [2.24, 2.45) is 0 Å². The van der Waals surface area contributed by atoms with Gasteiger partial charge in [0.05, 0.1) is 24.8 Å². The second kappa shape index (κ2) is 13.7. The highest BCUT2D eigenvalue weighted by Gasteiger charge is 2.43. The molecule has 0 bridgehead atoms. The third-order valence-corrected chi connectivity index (χ3v) is 6.17. The van der Waals surface area contributed by atoms with Gasteiger partial charge in [0.2, 0.25) is 0 Å². The number of carbonyl (C=O) groups is 2. The van der Waals surface area contributed by atoms with Crippen LogP contribution in [0.3, 0.4) is 0 Å². The van der Waals surface area contributed by atoms with Crippen molar-refractivity contribution in [1.82, 2.24) is 9.80 Å². The summed E-state index contributed by atoms with van der Waals surface area (Å²) in [5.74, 6) is -0.305. The van der Waals surface area contributed by atoms with Gasteiger partial charge in [-0.05, 0) is 56.8 Å². The van der Waals surface area contributed by atoms with Gasteiger partial charge in [0.15, 0.2) is 23.0 Å². The van der Waals surface area contributed by atoms with E-state index in [1.54, 1.807) is 11.0 Å². The Morgan fingerprint density at radius 3 is 2.49 bits per heavy atom. The molecule has 3 rings (SSSR count). The van der Waals surface area contributed by atoms with Gasteiger partial charge in [-0.1, -0.05) is 62.2 Å². The summed E-state index contributed by atoms with van der Waals surface area (Å²) in [6, 6.07) is 14.1. The lowest BCUT2D eigenvalue weighted by Crippen LogP contribution is -2.36. The summed E-state index contributed by atoms with van der Waals surface area (Å²) < 4.78 is 11.8. The van der Waals surface area contributed by atoms with E-state index < -0.39 is 23.5 Å². The summed E-state index contributed by atoms with van der Waals surface area (Å²) in [5.41, 5.74) is 1.59. The van der Waals surface area contributed by atoms with Crippen molar-refractivity contribution >= 4 is 17.8 Å². The van der Waals surface area contributed by atoms with Gasteiger partial charge in [-0.25, -0.2) is 0 Å². The highest BCUT2D eigenvalue weighted by Crippen LogP contribution is 2.41. The minimum absolute atomic E-state index is 0.0648. The van der Waals surface area contributed by atoms with Crippen LogP contribution < -0.4 is 9.47 Å². The first kappa shape index (κ1) is 28.0. The lowest BCUT2D eigenvalue weighted by atomic mass is 9.95. The maximum atomic E-state index is 13.4. The Bertz CT molecular complexity index is 1120. The average molecular weight is 507 g/mol. The van der Waals surface area contributed by atoms with Crippen molar-refractivity contribution in [3.63, 3.8) is 0 Å². The van der Waals surface area contributed by atoms with Gasteiger partial charge in [0.25, 0.3) is 5.91 Å². The fourth-order valence-electron chi connectivity index (χ4n) is 4.23. The zero-order valence-electron chi connectivity index (χ0n) is 22.3. The van der Waals surface area contributed by atoms with E-state index in [9.17, 15) is 14.7 Å². The van der Waals surface area contributed by atoms with Gasteiger partial charge in [-0.15, -0.1) is 0 Å². The van der Waals surface area contributed by atoms with Crippen LogP contribution in [0.15, 0.2) is 65.9 Å². The molecule has 0 saturated carbocycles. The van der Waals surface area contributed by atoms with E-state index in [0.717, 1.165) is 24.8 Å². The summed E-state index contributed by atoms with van der Waals surface area (Å²) >= 11 is 0. The number of nitrogens with zero attached hydrogens (tertiary/aromatic N) is 2. The van der Waals surface area contributed by atoms with Gasteiger partial charge in [0, 0.05) is 13.1 Å². The molecule has 0 fully saturated rings. The van der Waals surface area contributed by atoms with E-state index in [0.29, 0.717) is 43.4 Å². The molecule has 2 aromatic carbocycles. The first-order valence-corrected chi connectivity index (χ1v) is 12.9. The van der Waals surface area contributed by atoms with E-state index in [4.69, 9.17) is 9.47 Å². The molecule has 7 heteroatoms. The molecule has 2 aromatic rings. The number of benzene rings is 2. The van der Waals surface area contributed by atoms with Crippen molar-refractivity contribution in [3.05, 3.63) is 77.1 Å². The van der Waals surface area contributed by atoms with Gasteiger partial charge in [0.1, 0.15) is 0 Å². The first-order chi connectivity index (χ1) is 17.9. The van der Waals surface area contributed by atoms with Gasteiger partial charge < -0.3 is 24.4 Å². The summed E-state index contributed by atoms with van der Waals surface area (Å²) in [7, 11) is 3.82. The Labute approximate surface area is 220 Å². The number of ether oxygens (including phenoxy) is 2. The molecular weight excluding hydrogens is 468 g/mol. The molecule has 0 aromatic heterocycles. The van der Waals surface area contributed by atoms with E-state index in [-0.39, 0.29) is 5.57 Å². The zero-order chi connectivity index (χ0) is 26.8. The predicted molar refractivity (Wildman–Crippen MR) is 146 cm³/mol. The number of hydrogen-bond donors (Lipinski definition) is 1. The Kier molecular flexibility index (Phi) is 10.3. The second-order valence-electron chi connectivity index (χ2n) is 9.27. The van der Waals surface area contributed by atoms with E-state index >= 15 is 0 Å². The minimum Gasteiger partial charge on any atom is -0.503 e. The highest BCUT2D eigenvalue weighted by atomic mass is 16.5. The molecule has 0 spiro atoms. The topological polar surface area (TPSA) is 79.3 Å². The Balaban J connectivity index is 1.98. The smallest absolute Gasteiger partial charge is 0.290 e. The second-order valence-corrected chi connectivity index (χ2v) is 9.27. The molecule has 37 heavy (non-hydrogen) atoms. The summed E-state index contributed by atoms with van der Waals surface area (Å²) in [6.07, 6.45) is 6.22. The van der Waals surface area contributed by atoms with E-state index in [2.05, 4.69) is 6.92 Å². The summed E-state index contributed by atoms with van der Waals surface area (Å²) in [5, 5.41) is 10.9. The van der Waals surface area contributed by atoms with Crippen LogP contribution in [0, 0.1) is 0 Å². The molecule has 1 amide bonds. The number of unbranched alkanes of at least 4 members (excludes halogenated alkanes) is 2. The Morgan fingerprint density at radius 2 is 1.81 bits per heavy atom. The molecule has 1 unspecified atom stereocenters. The number of likely N-dealkylation sites (N-methyl/N-ethyl adjacent to an activating group) is 1. The lowest BCUT2D eigenvalue weighted by molar-refractivity contribution is -0.129. The van der Waals surface area contributed by atoms with E-state index in [1.807, 2.05) is 74.4 Å². The molecule has 198 valence electrons. The van der Waals surface area contributed by atoms with Crippen LogP contribution in [-0.4, -0.2) is 67.0 Å². The molecule has 0 aliphatic carbocycles. The van der Waals surface area contributed by atoms with Gasteiger partial charge >= 0.3 is 0 Å². The van der Waals surface area contributed by atoms with Crippen LogP contribution in [0.1, 0.15) is 50.3 Å². The van der Waals surface area contributed by atoms with E-state index in [1.165, 1.54) is 6.08 Å². The molecular formula is C30H38N2O5. The largest absolute Gasteiger partial charge is 0.503 e. The quantitative estimate of drug-likeness (QED) is 0.281. The molecule has 7 nitrogen and oxygen atoms in total. The van der Waals surface area contributed by atoms with Crippen LogP contribution in [0.4, 0.5) is 0 Å². The summed E-state index contributed by atoms with van der Waals surface area (Å²) in [4.78, 5) is 30.0. The lowest BCUT2D eigenvalue weighted by Gasteiger charge is -2.28. The standard InChI is InChI=1S/C30H38N2O5/c1-5-7-11-20-37-25-17-15-23(21-26(25)36-6-2)28-27(24(33)16-14-22-12-9-8-10-13-22)29(34)30(35)32(28)19-18-31(3)4/h8-10,12-17,21,28,34H,5-7,11,18-20H2,1-4H3. The molecule has 1 heterocycles. The van der Waals surface area contributed by atoms with Crippen LogP contribution in [0.2, 0.25) is 0 Å². The van der Waals surface area contributed by atoms with Gasteiger partial charge in [-0.2, -0.15) is 0 Å². The fraction of sp³-hybridized carbons (Fsp3) is 0.400. The first-order valence-electron chi connectivity index (χ1n) is 12.9. The maximum absolute atomic E-state index is 13.4. The third kappa shape index (κ3) is 7.23.